The van der Waals surface area contributed by atoms with E-state index in [0.29, 0.717) is 17.9 Å². The molecular weight excluding hydrogens is 332 g/mol. The first-order valence-electron chi connectivity index (χ1n) is 8.24. The van der Waals surface area contributed by atoms with E-state index in [1.807, 2.05) is 43.3 Å². The molecule has 0 N–H and O–H groups in total. The minimum absolute atomic E-state index is 0.297. The Hall–Kier alpha value is -3.33. The molecule has 0 bridgehead atoms. The van der Waals surface area contributed by atoms with Gasteiger partial charge in [0.1, 0.15) is 11.8 Å². The van der Waals surface area contributed by atoms with E-state index < -0.39 is 12.1 Å². The molecule has 134 valence electrons. The van der Waals surface area contributed by atoms with E-state index in [1.165, 1.54) is 6.92 Å². The summed E-state index contributed by atoms with van der Waals surface area (Å²) < 4.78 is 10.5. The third-order valence-electron chi connectivity index (χ3n) is 3.66. The molecule has 0 heterocycles. The highest BCUT2D eigenvalue weighted by Gasteiger charge is 2.24. The maximum absolute atomic E-state index is 12.5. The van der Waals surface area contributed by atoms with Gasteiger partial charge in [0.05, 0.1) is 5.56 Å². The van der Waals surface area contributed by atoms with E-state index in [-0.39, 0.29) is 12.5 Å². The molecule has 6 heteroatoms. The normalized spacial score (nSPS) is 11.1. The summed E-state index contributed by atoms with van der Waals surface area (Å²) in [4.78, 5) is 26.1. The van der Waals surface area contributed by atoms with Crippen LogP contribution in [-0.2, 0) is 14.3 Å². The zero-order valence-corrected chi connectivity index (χ0v) is 14.7. The van der Waals surface area contributed by atoms with Gasteiger partial charge in [-0.15, -0.1) is 0 Å². The summed E-state index contributed by atoms with van der Waals surface area (Å²) in [7, 11) is 0. The Morgan fingerprint density at radius 3 is 2.42 bits per heavy atom. The van der Waals surface area contributed by atoms with Crippen LogP contribution in [0.15, 0.2) is 54.6 Å². The van der Waals surface area contributed by atoms with Crippen LogP contribution >= 0.6 is 0 Å². The number of anilines is 1. The van der Waals surface area contributed by atoms with Crippen LogP contribution in [0, 0.1) is 11.3 Å². The Kier molecular flexibility index (Phi) is 6.75. The monoisotopic (exact) mass is 352 g/mol. The summed E-state index contributed by atoms with van der Waals surface area (Å²) in [5.41, 5.74) is 1.06. The number of ether oxygens (including phenoxy) is 2. The van der Waals surface area contributed by atoms with E-state index in [4.69, 9.17) is 14.7 Å². The summed E-state index contributed by atoms with van der Waals surface area (Å²) in [6.07, 6.45) is -0.947. The highest BCUT2D eigenvalue weighted by Crippen LogP contribution is 2.17. The molecule has 0 spiro atoms. The second kappa shape index (κ2) is 9.23. The summed E-state index contributed by atoms with van der Waals surface area (Å²) >= 11 is 0. The third-order valence-corrected chi connectivity index (χ3v) is 3.66. The smallest absolute Gasteiger partial charge is 0.344 e. The van der Waals surface area contributed by atoms with Crippen molar-refractivity contribution in [2.45, 2.75) is 20.0 Å². The summed E-state index contributed by atoms with van der Waals surface area (Å²) in [6.45, 7) is 3.45. The molecule has 26 heavy (non-hydrogen) atoms. The van der Waals surface area contributed by atoms with Crippen molar-refractivity contribution in [3.8, 4) is 11.8 Å². The van der Waals surface area contributed by atoms with E-state index in [9.17, 15) is 9.59 Å². The SMILES string of the molecule is CCN(C(=O)[C@H](C)OC(=O)COc1ccccc1C#N)c1ccccc1. The van der Waals surface area contributed by atoms with Gasteiger partial charge in [0.2, 0.25) is 0 Å². The van der Waals surface area contributed by atoms with Crippen LogP contribution in [-0.4, -0.2) is 31.1 Å². The molecule has 0 saturated carbocycles. The predicted octanol–water partition coefficient (Wildman–Crippen LogP) is 2.92. The van der Waals surface area contributed by atoms with Crippen LogP contribution in [0.1, 0.15) is 19.4 Å². The number of para-hydroxylation sites is 2. The van der Waals surface area contributed by atoms with Gasteiger partial charge in [-0.2, -0.15) is 5.26 Å². The molecule has 1 amide bonds. The van der Waals surface area contributed by atoms with Crippen molar-refractivity contribution in [2.24, 2.45) is 0 Å². The van der Waals surface area contributed by atoms with Crippen LogP contribution in [0.3, 0.4) is 0 Å². The van der Waals surface area contributed by atoms with Gasteiger partial charge >= 0.3 is 5.97 Å². The molecule has 2 aromatic carbocycles. The topological polar surface area (TPSA) is 79.6 Å². The van der Waals surface area contributed by atoms with Gasteiger partial charge < -0.3 is 14.4 Å². The number of hydrogen-bond acceptors (Lipinski definition) is 5. The molecule has 0 unspecified atom stereocenters. The van der Waals surface area contributed by atoms with E-state index in [2.05, 4.69) is 0 Å². The number of nitriles is 1. The minimum Gasteiger partial charge on any atom is -0.481 e. The Bertz CT molecular complexity index is 799. The molecule has 6 nitrogen and oxygen atoms in total. The summed E-state index contributed by atoms with van der Waals surface area (Å²) in [6, 6.07) is 17.7. The molecule has 0 aliphatic carbocycles. The Balaban J connectivity index is 1.93. The van der Waals surface area contributed by atoms with Crippen LogP contribution in [0.2, 0.25) is 0 Å². The van der Waals surface area contributed by atoms with Crippen molar-refractivity contribution >= 4 is 17.6 Å². The number of carbonyl (C=O) groups is 2. The lowest BCUT2D eigenvalue weighted by molar-refractivity contribution is -0.155. The van der Waals surface area contributed by atoms with Crippen LogP contribution < -0.4 is 9.64 Å². The standard InChI is InChI=1S/C20H20N2O4/c1-3-22(17-10-5-4-6-11-17)20(24)15(2)26-19(23)14-25-18-12-8-7-9-16(18)13-21/h4-12,15H,3,14H2,1-2H3/t15-/m0/s1. The average molecular weight is 352 g/mol. The Labute approximate surface area is 152 Å². The number of amides is 1. The van der Waals surface area contributed by atoms with Gasteiger partial charge in [-0.1, -0.05) is 30.3 Å². The number of likely N-dealkylation sites (N-methyl/N-ethyl adjacent to an activating group) is 1. The largest absolute Gasteiger partial charge is 0.481 e. The molecule has 0 radical (unpaired) electrons. The van der Waals surface area contributed by atoms with Crippen LogP contribution in [0.25, 0.3) is 0 Å². The third kappa shape index (κ3) is 4.84. The van der Waals surface area contributed by atoms with E-state index >= 15 is 0 Å². The van der Waals surface area contributed by atoms with Crippen molar-refractivity contribution < 1.29 is 19.1 Å². The molecule has 0 aliphatic heterocycles. The number of nitrogens with zero attached hydrogens (tertiary/aromatic N) is 2. The first kappa shape index (κ1) is 19.0. The van der Waals surface area contributed by atoms with Crippen molar-refractivity contribution in [3.05, 3.63) is 60.2 Å². The predicted molar refractivity (Wildman–Crippen MR) is 96.7 cm³/mol. The molecule has 2 rings (SSSR count). The summed E-state index contributed by atoms with van der Waals surface area (Å²) in [5, 5.41) is 9.00. The van der Waals surface area contributed by atoms with Gasteiger partial charge in [0.15, 0.2) is 12.7 Å². The number of esters is 1. The first-order valence-corrected chi connectivity index (χ1v) is 8.24. The Morgan fingerprint density at radius 2 is 1.77 bits per heavy atom. The summed E-state index contributed by atoms with van der Waals surface area (Å²) in [5.74, 6) is -0.697. The fraction of sp³-hybridized carbons (Fsp3) is 0.250. The second-order valence-corrected chi connectivity index (χ2v) is 5.45. The quantitative estimate of drug-likeness (QED) is 0.716. The lowest BCUT2D eigenvalue weighted by Crippen LogP contribution is -2.40. The van der Waals surface area contributed by atoms with Crippen molar-refractivity contribution in [1.29, 1.82) is 5.26 Å². The lowest BCUT2D eigenvalue weighted by atomic mass is 10.2. The van der Waals surface area contributed by atoms with Gasteiger partial charge in [0.25, 0.3) is 5.91 Å². The van der Waals surface area contributed by atoms with Crippen molar-refractivity contribution in [1.82, 2.24) is 0 Å². The number of hydrogen-bond donors (Lipinski definition) is 0. The zero-order chi connectivity index (χ0) is 18.9. The molecule has 0 aromatic heterocycles. The minimum atomic E-state index is -0.947. The van der Waals surface area contributed by atoms with Gasteiger partial charge in [-0.25, -0.2) is 4.79 Å². The molecule has 1 atom stereocenters. The average Bonchev–Trinajstić information content (AvgIpc) is 2.67. The molecule has 0 fully saturated rings. The number of benzene rings is 2. The fourth-order valence-corrected chi connectivity index (χ4v) is 2.40. The van der Waals surface area contributed by atoms with Gasteiger partial charge in [0, 0.05) is 12.2 Å². The van der Waals surface area contributed by atoms with Gasteiger partial charge in [-0.05, 0) is 38.1 Å². The molecular formula is C20H20N2O4. The highest BCUT2D eigenvalue weighted by molar-refractivity contribution is 5.97. The van der Waals surface area contributed by atoms with Gasteiger partial charge in [-0.3, -0.25) is 4.79 Å². The maximum Gasteiger partial charge on any atom is 0.344 e. The number of carbonyl (C=O) groups excluding carboxylic acids is 2. The van der Waals surface area contributed by atoms with Crippen molar-refractivity contribution in [3.63, 3.8) is 0 Å². The lowest BCUT2D eigenvalue weighted by Gasteiger charge is -2.24. The van der Waals surface area contributed by atoms with Crippen LogP contribution in [0.5, 0.6) is 5.75 Å². The second-order valence-electron chi connectivity index (χ2n) is 5.45. The molecule has 0 saturated heterocycles. The maximum atomic E-state index is 12.5. The molecule has 2 aromatic rings. The van der Waals surface area contributed by atoms with E-state index in [0.717, 1.165) is 5.69 Å². The first-order chi connectivity index (χ1) is 12.6. The zero-order valence-electron chi connectivity index (χ0n) is 14.7. The fourth-order valence-electron chi connectivity index (χ4n) is 2.40. The number of rotatable bonds is 7. The van der Waals surface area contributed by atoms with Crippen molar-refractivity contribution in [2.75, 3.05) is 18.1 Å². The van der Waals surface area contributed by atoms with E-state index in [1.54, 1.807) is 29.2 Å². The molecule has 0 aliphatic rings. The highest BCUT2D eigenvalue weighted by atomic mass is 16.6. The van der Waals surface area contributed by atoms with Crippen LogP contribution in [0.4, 0.5) is 5.69 Å². The Morgan fingerprint density at radius 1 is 1.12 bits per heavy atom.